The number of hydrogen-bond donors (Lipinski definition) is 2. The standard InChI is InChI=1S/C13H22N2O2S/c1-4-8-11(5-2)15-12-9-6-7-10-13(12)18(16,17)14-3/h6-7,9-11,14-15H,4-5,8H2,1-3H3. The minimum absolute atomic E-state index is 0.307. The molecule has 1 rings (SSSR count). The van der Waals surface area contributed by atoms with Crippen molar-refractivity contribution in [3.63, 3.8) is 0 Å². The molecular formula is C13H22N2O2S. The molecule has 0 saturated carbocycles. The van der Waals surface area contributed by atoms with Crippen LogP contribution in [-0.4, -0.2) is 21.5 Å². The molecule has 0 radical (unpaired) electrons. The Hall–Kier alpha value is -1.07. The summed E-state index contributed by atoms with van der Waals surface area (Å²) in [6.45, 7) is 4.23. The van der Waals surface area contributed by atoms with Gasteiger partial charge in [0.1, 0.15) is 4.90 Å². The summed E-state index contributed by atoms with van der Waals surface area (Å²) in [6.07, 6.45) is 3.08. The quantitative estimate of drug-likeness (QED) is 0.800. The zero-order valence-electron chi connectivity index (χ0n) is 11.2. The average Bonchev–Trinajstić information content (AvgIpc) is 2.38. The normalized spacial score (nSPS) is 13.3. The monoisotopic (exact) mass is 270 g/mol. The predicted octanol–water partition coefficient (Wildman–Crippen LogP) is 2.59. The van der Waals surface area contributed by atoms with E-state index in [1.165, 1.54) is 7.05 Å². The van der Waals surface area contributed by atoms with Gasteiger partial charge in [0, 0.05) is 6.04 Å². The Morgan fingerprint density at radius 1 is 1.22 bits per heavy atom. The topological polar surface area (TPSA) is 58.2 Å². The summed E-state index contributed by atoms with van der Waals surface area (Å²) in [5, 5.41) is 3.32. The van der Waals surface area contributed by atoms with Crippen molar-refractivity contribution in [2.24, 2.45) is 0 Å². The van der Waals surface area contributed by atoms with Gasteiger partial charge in [-0.2, -0.15) is 0 Å². The van der Waals surface area contributed by atoms with E-state index in [0.29, 0.717) is 16.6 Å². The van der Waals surface area contributed by atoms with Crippen molar-refractivity contribution in [2.75, 3.05) is 12.4 Å². The minimum atomic E-state index is -3.41. The largest absolute Gasteiger partial charge is 0.381 e. The maximum absolute atomic E-state index is 11.9. The van der Waals surface area contributed by atoms with Crippen LogP contribution >= 0.6 is 0 Å². The van der Waals surface area contributed by atoms with Crippen molar-refractivity contribution in [1.82, 2.24) is 4.72 Å². The molecule has 0 aliphatic rings. The van der Waals surface area contributed by atoms with Gasteiger partial charge >= 0.3 is 0 Å². The van der Waals surface area contributed by atoms with E-state index in [9.17, 15) is 8.42 Å². The lowest BCUT2D eigenvalue weighted by atomic mass is 10.1. The van der Waals surface area contributed by atoms with Crippen molar-refractivity contribution in [1.29, 1.82) is 0 Å². The first kappa shape index (κ1) is 15.0. The molecule has 18 heavy (non-hydrogen) atoms. The second-order valence-electron chi connectivity index (χ2n) is 4.24. The zero-order chi connectivity index (χ0) is 13.6. The maximum atomic E-state index is 11.9. The first-order valence-electron chi connectivity index (χ1n) is 6.34. The van der Waals surface area contributed by atoms with Crippen LogP contribution in [0.1, 0.15) is 33.1 Å². The highest BCUT2D eigenvalue weighted by Gasteiger charge is 2.17. The molecular weight excluding hydrogens is 248 g/mol. The first-order valence-corrected chi connectivity index (χ1v) is 7.82. The molecule has 0 amide bonds. The molecule has 1 aromatic carbocycles. The Morgan fingerprint density at radius 3 is 2.44 bits per heavy atom. The van der Waals surface area contributed by atoms with Crippen molar-refractivity contribution in [3.05, 3.63) is 24.3 Å². The molecule has 5 heteroatoms. The number of benzene rings is 1. The summed E-state index contributed by atoms with van der Waals surface area (Å²) >= 11 is 0. The summed E-state index contributed by atoms with van der Waals surface area (Å²) in [7, 11) is -1.98. The molecule has 0 aliphatic carbocycles. The highest BCUT2D eigenvalue weighted by atomic mass is 32.2. The molecule has 0 fully saturated rings. The highest BCUT2D eigenvalue weighted by Crippen LogP contribution is 2.22. The summed E-state index contributed by atoms with van der Waals surface area (Å²) in [5.41, 5.74) is 0.673. The summed E-state index contributed by atoms with van der Waals surface area (Å²) in [4.78, 5) is 0.307. The Bertz CT molecular complexity index is 472. The van der Waals surface area contributed by atoms with Gasteiger partial charge in [0.2, 0.25) is 10.0 Å². The third kappa shape index (κ3) is 3.71. The first-order chi connectivity index (χ1) is 8.55. The minimum Gasteiger partial charge on any atom is -0.381 e. The lowest BCUT2D eigenvalue weighted by molar-refractivity contribution is 0.587. The van der Waals surface area contributed by atoms with Crippen LogP contribution in [0, 0.1) is 0 Å². The molecule has 0 bridgehead atoms. The van der Waals surface area contributed by atoms with Gasteiger partial charge in [-0.3, -0.25) is 0 Å². The van der Waals surface area contributed by atoms with Crippen LogP contribution in [0.15, 0.2) is 29.2 Å². The summed E-state index contributed by atoms with van der Waals surface area (Å²) in [5.74, 6) is 0. The molecule has 102 valence electrons. The predicted molar refractivity (Wildman–Crippen MR) is 75.3 cm³/mol. The molecule has 0 aliphatic heterocycles. The van der Waals surface area contributed by atoms with Crippen molar-refractivity contribution in [2.45, 2.75) is 44.0 Å². The second-order valence-corrected chi connectivity index (χ2v) is 6.10. The van der Waals surface area contributed by atoms with Crippen LogP contribution in [0.3, 0.4) is 0 Å². The van der Waals surface area contributed by atoms with Crippen molar-refractivity contribution in [3.8, 4) is 0 Å². The Balaban J connectivity index is 3.03. The summed E-state index contributed by atoms with van der Waals surface area (Å²) < 4.78 is 26.2. The van der Waals surface area contributed by atoms with E-state index < -0.39 is 10.0 Å². The molecule has 1 atom stereocenters. The van der Waals surface area contributed by atoms with E-state index >= 15 is 0 Å². The zero-order valence-corrected chi connectivity index (χ0v) is 12.0. The van der Waals surface area contributed by atoms with Gasteiger partial charge in [0.25, 0.3) is 0 Å². The van der Waals surface area contributed by atoms with Gasteiger partial charge in [0.05, 0.1) is 5.69 Å². The third-order valence-corrected chi connectivity index (χ3v) is 4.41. The molecule has 1 aromatic rings. The molecule has 0 heterocycles. The molecule has 2 N–H and O–H groups in total. The fourth-order valence-electron chi connectivity index (χ4n) is 1.88. The Labute approximate surface area is 110 Å². The number of rotatable bonds is 7. The highest BCUT2D eigenvalue weighted by molar-refractivity contribution is 7.89. The van der Waals surface area contributed by atoms with Gasteiger partial charge < -0.3 is 5.32 Å². The number of anilines is 1. The lowest BCUT2D eigenvalue weighted by Crippen LogP contribution is -2.23. The molecule has 0 saturated heterocycles. The number of hydrogen-bond acceptors (Lipinski definition) is 3. The SMILES string of the molecule is CCCC(CC)Nc1ccccc1S(=O)(=O)NC. The molecule has 1 unspecified atom stereocenters. The van der Waals surface area contributed by atoms with Gasteiger partial charge in [-0.25, -0.2) is 13.1 Å². The molecule has 0 aromatic heterocycles. The van der Waals surface area contributed by atoms with Gasteiger partial charge in [-0.05, 0) is 32.0 Å². The van der Waals surface area contributed by atoms with Gasteiger partial charge in [0.15, 0.2) is 0 Å². The van der Waals surface area contributed by atoms with Crippen LogP contribution < -0.4 is 10.0 Å². The van der Waals surface area contributed by atoms with Gasteiger partial charge in [-0.15, -0.1) is 0 Å². The van der Waals surface area contributed by atoms with Crippen LogP contribution in [0.2, 0.25) is 0 Å². The average molecular weight is 270 g/mol. The van der Waals surface area contributed by atoms with Crippen molar-refractivity contribution < 1.29 is 8.42 Å². The van der Waals surface area contributed by atoms with Crippen LogP contribution in [0.25, 0.3) is 0 Å². The summed E-state index contributed by atoms with van der Waals surface area (Å²) in [6, 6.07) is 7.31. The van der Waals surface area contributed by atoms with E-state index in [1.54, 1.807) is 12.1 Å². The van der Waals surface area contributed by atoms with E-state index in [1.807, 2.05) is 12.1 Å². The fraction of sp³-hybridized carbons (Fsp3) is 0.538. The van der Waals surface area contributed by atoms with Crippen LogP contribution in [0.5, 0.6) is 0 Å². The Kier molecular flexibility index (Phi) is 5.62. The van der Waals surface area contributed by atoms with E-state index in [2.05, 4.69) is 23.9 Å². The van der Waals surface area contributed by atoms with Gasteiger partial charge in [-0.1, -0.05) is 32.4 Å². The van der Waals surface area contributed by atoms with E-state index in [0.717, 1.165) is 19.3 Å². The van der Waals surface area contributed by atoms with Crippen LogP contribution in [0.4, 0.5) is 5.69 Å². The fourth-order valence-corrected chi connectivity index (χ4v) is 2.77. The second kappa shape index (κ2) is 6.75. The third-order valence-electron chi connectivity index (χ3n) is 2.93. The number of sulfonamides is 1. The maximum Gasteiger partial charge on any atom is 0.242 e. The number of para-hydroxylation sites is 1. The Morgan fingerprint density at radius 2 is 1.89 bits per heavy atom. The lowest BCUT2D eigenvalue weighted by Gasteiger charge is -2.19. The molecule has 4 nitrogen and oxygen atoms in total. The smallest absolute Gasteiger partial charge is 0.242 e. The van der Waals surface area contributed by atoms with E-state index in [-0.39, 0.29) is 0 Å². The molecule has 0 spiro atoms. The van der Waals surface area contributed by atoms with E-state index in [4.69, 9.17) is 0 Å². The number of nitrogens with one attached hydrogen (secondary N) is 2. The van der Waals surface area contributed by atoms with Crippen molar-refractivity contribution >= 4 is 15.7 Å². The van der Waals surface area contributed by atoms with Crippen LogP contribution in [-0.2, 0) is 10.0 Å².